The van der Waals surface area contributed by atoms with Gasteiger partial charge in [-0.15, -0.1) is 0 Å². The summed E-state index contributed by atoms with van der Waals surface area (Å²) in [4.78, 5) is 24.7. The number of rotatable bonds is 8. The molecule has 0 bridgehead atoms. The highest BCUT2D eigenvalue weighted by atomic mass is 79.9. The minimum atomic E-state index is -0.816. The number of hydrogen-bond acceptors (Lipinski definition) is 5. The van der Waals surface area contributed by atoms with Crippen molar-refractivity contribution < 1.29 is 14.3 Å². The van der Waals surface area contributed by atoms with Crippen LogP contribution in [0.2, 0.25) is 5.02 Å². The number of carbonyl (C=O) groups is 2. The second-order valence-corrected chi connectivity index (χ2v) is 8.48. The lowest BCUT2D eigenvalue weighted by molar-refractivity contribution is -0.122. The molecule has 34 heavy (non-hydrogen) atoms. The molecule has 0 aliphatic rings. The summed E-state index contributed by atoms with van der Waals surface area (Å²) in [7, 11) is 0. The molecule has 172 valence electrons. The minimum Gasteiger partial charge on any atom is -0.488 e. The van der Waals surface area contributed by atoms with Gasteiger partial charge in [-0.2, -0.15) is 10.4 Å². The molecule has 0 aliphatic heterocycles. The van der Waals surface area contributed by atoms with Crippen molar-refractivity contribution in [3.63, 3.8) is 0 Å². The molecule has 2 N–H and O–H groups in total. The lowest BCUT2D eigenvalue weighted by atomic mass is 10.1. The summed E-state index contributed by atoms with van der Waals surface area (Å²) in [5, 5.41) is 16.0. The van der Waals surface area contributed by atoms with Gasteiger partial charge in [0.2, 0.25) is 0 Å². The molecule has 3 rings (SSSR count). The third kappa shape index (κ3) is 6.91. The number of nitriles is 1. The molecule has 9 heteroatoms. The highest BCUT2D eigenvalue weighted by Gasteiger charge is 2.17. The van der Waals surface area contributed by atoms with Gasteiger partial charge in [0, 0.05) is 15.1 Å². The topological polar surface area (TPSA) is 104 Å². The third-order valence-corrected chi connectivity index (χ3v) is 5.61. The minimum absolute atomic E-state index is 0.276. The number of amides is 2. The number of hydrogen-bond donors (Lipinski definition) is 2. The quantitative estimate of drug-likeness (QED) is 0.316. The van der Waals surface area contributed by atoms with Crippen LogP contribution in [0.3, 0.4) is 0 Å². The van der Waals surface area contributed by atoms with Crippen LogP contribution in [0.25, 0.3) is 0 Å². The first-order chi connectivity index (χ1) is 16.4. The van der Waals surface area contributed by atoms with Crippen molar-refractivity contribution in [2.75, 3.05) is 0 Å². The summed E-state index contributed by atoms with van der Waals surface area (Å²) in [5.74, 6) is -0.354. The Hall–Kier alpha value is -3.67. The fourth-order valence-corrected chi connectivity index (χ4v) is 3.48. The van der Waals surface area contributed by atoms with E-state index >= 15 is 0 Å². The first kappa shape index (κ1) is 25.0. The SMILES string of the molecule is CC(NC(=O)c1ccccc1Br)C(=O)NN=Cc1cc(Cl)ccc1OCc1ccc(C#N)cc1. The Morgan fingerprint density at radius 3 is 2.62 bits per heavy atom. The first-order valence-corrected chi connectivity index (χ1v) is 11.3. The molecule has 1 atom stereocenters. The lowest BCUT2D eigenvalue weighted by Gasteiger charge is -2.13. The predicted molar refractivity (Wildman–Crippen MR) is 134 cm³/mol. The van der Waals surface area contributed by atoms with Gasteiger partial charge in [0.05, 0.1) is 23.4 Å². The average molecular weight is 540 g/mol. The normalized spacial score (nSPS) is 11.5. The molecule has 0 saturated heterocycles. The van der Waals surface area contributed by atoms with Crippen LogP contribution in [0, 0.1) is 11.3 Å². The molecule has 0 spiro atoms. The standard InChI is InChI=1S/C25H20BrClN4O3/c1-16(30-25(33)21-4-2-3-5-22(21)26)24(32)31-29-14-19-12-20(27)10-11-23(19)34-15-18-8-6-17(13-28)7-9-18/h2-12,14,16H,15H2,1H3,(H,30,33)(H,31,32). The van der Waals surface area contributed by atoms with Gasteiger partial charge in [-0.1, -0.05) is 35.9 Å². The van der Waals surface area contributed by atoms with Crippen LogP contribution in [0.1, 0.15) is 34.0 Å². The zero-order valence-electron chi connectivity index (χ0n) is 18.1. The molecule has 0 heterocycles. The highest BCUT2D eigenvalue weighted by molar-refractivity contribution is 9.10. The Kier molecular flexibility index (Phi) is 8.79. The van der Waals surface area contributed by atoms with Crippen molar-refractivity contribution >= 4 is 45.6 Å². The average Bonchev–Trinajstić information content (AvgIpc) is 2.84. The van der Waals surface area contributed by atoms with E-state index in [-0.39, 0.29) is 12.5 Å². The molecule has 1 unspecified atom stereocenters. The summed E-state index contributed by atoms with van der Waals surface area (Å²) in [6.07, 6.45) is 1.42. The Morgan fingerprint density at radius 1 is 1.18 bits per heavy atom. The maximum Gasteiger partial charge on any atom is 0.262 e. The van der Waals surface area contributed by atoms with E-state index in [4.69, 9.17) is 21.6 Å². The highest BCUT2D eigenvalue weighted by Crippen LogP contribution is 2.22. The molecule has 3 aromatic rings. The summed E-state index contributed by atoms with van der Waals surface area (Å²) >= 11 is 9.42. The van der Waals surface area contributed by atoms with E-state index in [0.29, 0.717) is 31.9 Å². The van der Waals surface area contributed by atoms with Crippen LogP contribution in [0.4, 0.5) is 0 Å². The second kappa shape index (κ2) is 12.0. The number of benzene rings is 3. The van der Waals surface area contributed by atoms with E-state index in [1.165, 1.54) is 6.21 Å². The van der Waals surface area contributed by atoms with Crippen molar-refractivity contribution in [3.8, 4) is 11.8 Å². The lowest BCUT2D eigenvalue weighted by Crippen LogP contribution is -2.43. The number of ether oxygens (including phenoxy) is 1. The van der Waals surface area contributed by atoms with Crippen LogP contribution in [0.15, 0.2) is 76.3 Å². The van der Waals surface area contributed by atoms with E-state index in [1.54, 1.807) is 61.5 Å². The molecule has 0 saturated carbocycles. The fraction of sp³-hybridized carbons (Fsp3) is 0.120. The van der Waals surface area contributed by atoms with E-state index in [2.05, 4.69) is 37.8 Å². The number of halogens is 2. The summed E-state index contributed by atoms with van der Waals surface area (Å²) in [6.45, 7) is 1.84. The molecule has 3 aromatic carbocycles. The van der Waals surface area contributed by atoms with Crippen LogP contribution in [-0.4, -0.2) is 24.1 Å². The van der Waals surface area contributed by atoms with Gasteiger partial charge in [-0.25, -0.2) is 5.43 Å². The van der Waals surface area contributed by atoms with Crippen LogP contribution in [0.5, 0.6) is 5.75 Å². The van der Waals surface area contributed by atoms with E-state index in [9.17, 15) is 9.59 Å². The number of nitrogens with one attached hydrogen (secondary N) is 2. The number of hydrazone groups is 1. The van der Waals surface area contributed by atoms with Crippen molar-refractivity contribution in [2.24, 2.45) is 5.10 Å². The zero-order valence-corrected chi connectivity index (χ0v) is 20.4. The third-order valence-electron chi connectivity index (χ3n) is 4.69. The zero-order chi connectivity index (χ0) is 24.5. The predicted octanol–water partition coefficient (Wildman–Crippen LogP) is 4.82. The fourth-order valence-electron chi connectivity index (χ4n) is 2.84. The maximum absolute atomic E-state index is 12.4. The first-order valence-electron chi connectivity index (χ1n) is 10.2. The van der Waals surface area contributed by atoms with E-state index < -0.39 is 11.9 Å². The van der Waals surface area contributed by atoms with Crippen molar-refractivity contribution in [1.82, 2.24) is 10.7 Å². The molecule has 0 aromatic heterocycles. The van der Waals surface area contributed by atoms with E-state index in [0.717, 1.165) is 5.56 Å². The second-order valence-electron chi connectivity index (χ2n) is 7.19. The molecule has 2 amide bonds. The molecule has 0 radical (unpaired) electrons. The Labute approximate surface area is 210 Å². The summed E-state index contributed by atoms with van der Waals surface area (Å²) < 4.78 is 6.49. The molecular formula is C25H20BrClN4O3. The molecular weight excluding hydrogens is 520 g/mol. The summed E-state index contributed by atoms with van der Waals surface area (Å²) in [5.41, 5.74) is 4.86. The number of nitrogens with zero attached hydrogens (tertiary/aromatic N) is 2. The van der Waals surface area contributed by atoms with Gasteiger partial charge in [-0.3, -0.25) is 9.59 Å². The monoisotopic (exact) mass is 538 g/mol. The van der Waals surface area contributed by atoms with Gasteiger partial charge in [0.25, 0.3) is 11.8 Å². The Morgan fingerprint density at radius 2 is 1.91 bits per heavy atom. The Balaban J connectivity index is 1.60. The molecule has 7 nitrogen and oxygen atoms in total. The smallest absolute Gasteiger partial charge is 0.262 e. The van der Waals surface area contributed by atoms with Crippen molar-refractivity contribution in [2.45, 2.75) is 19.6 Å². The van der Waals surface area contributed by atoms with Crippen molar-refractivity contribution in [1.29, 1.82) is 5.26 Å². The van der Waals surface area contributed by atoms with Crippen LogP contribution in [-0.2, 0) is 11.4 Å². The van der Waals surface area contributed by atoms with E-state index in [1.807, 2.05) is 12.1 Å². The largest absolute Gasteiger partial charge is 0.488 e. The summed E-state index contributed by atoms with van der Waals surface area (Å²) in [6, 6.07) is 20.3. The van der Waals surface area contributed by atoms with Crippen molar-refractivity contribution in [3.05, 3.63) is 98.5 Å². The molecule has 0 aliphatic carbocycles. The van der Waals surface area contributed by atoms with Gasteiger partial charge in [-0.05, 0) is 70.9 Å². The van der Waals surface area contributed by atoms with Crippen LogP contribution < -0.4 is 15.5 Å². The maximum atomic E-state index is 12.4. The Bertz CT molecular complexity index is 1260. The van der Waals surface area contributed by atoms with Crippen LogP contribution >= 0.6 is 27.5 Å². The van der Waals surface area contributed by atoms with Gasteiger partial charge in [0.1, 0.15) is 18.4 Å². The van der Waals surface area contributed by atoms with Gasteiger partial charge >= 0.3 is 0 Å². The molecule has 0 fully saturated rings. The number of carbonyl (C=O) groups excluding carboxylic acids is 2. The van der Waals surface area contributed by atoms with Gasteiger partial charge < -0.3 is 10.1 Å². The van der Waals surface area contributed by atoms with Gasteiger partial charge in [0.15, 0.2) is 0 Å².